The van der Waals surface area contributed by atoms with Gasteiger partial charge in [0.25, 0.3) is 0 Å². The Morgan fingerprint density at radius 3 is 2.29 bits per heavy atom. The van der Waals surface area contributed by atoms with Crippen molar-refractivity contribution < 1.29 is 43.2 Å². The molecule has 5 rings (SSSR count). The summed E-state index contributed by atoms with van der Waals surface area (Å²) in [5, 5.41) is 17.0. The molecule has 2 aromatic heterocycles. The fraction of sp³-hybridized carbons (Fsp3) is 0.460. The second-order valence-corrected chi connectivity index (χ2v) is 18.1. The lowest BCUT2D eigenvalue weighted by Crippen LogP contribution is -2.58. The lowest BCUT2D eigenvalue weighted by molar-refractivity contribution is -0.136. The number of primary amides is 1. The van der Waals surface area contributed by atoms with E-state index < -0.39 is 121 Å². The number of amides is 7. The third-order valence-corrected chi connectivity index (χ3v) is 12.5. The number of nitrogens with zero attached hydrogens (tertiary/aromatic N) is 2. The van der Waals surface area contributed by atoms with E-state index in [0.29, 0.717) is 24.1 Å². The summed E-state index contributed by atoms with van der Waals surface area (Å²) in [5.41, 5.74) is 19.7. The molecule has 1 aliphatic rings. The van der Waals surface area contributed by atoms with Crippen molar-refractivity contribution in [3.8, 4) is 0 Å². The molecule has 0 spiro atoms. The molecule has 0 saturated carbocycles. The zero-order valence-electron chi connectivity index (χ0n) is 40.7. The highest BCUT2D eigenvalue weighted by atomic mass is 16.2. The van der Waals surface area contributed by atoms with Crippen molar-refractivity contribution in [3.05, 3.63) is 90.1 Å². The molecule has 0 unspecified atom stereocenters. The standard InChI is InChI=1S/C50H67N13O9/c1-3-4-15-37(59-29(2)64)47(70)60-38-17-18-44(67)57-27-41(43(66)23-32(45(51)68)21-33-25-56-36-16-9-8-14-35(33)36)63-46(69)31(13-10-19-55-50(52)53)22-42(65)39(20-30-11-6-5-7-12-30)61-49(72)40(62-48(38)71)24-34-26-54-28-58-34/h5-9,11-12,14,16,25-26,28,31-32,37-41,56H,3-4,10,13,15,17-24,27H2,1-2H3,(H2,51,68)(H,54,58)(H,57,67)(H,59,64)(H,60,70)(H,61,72)(H,62,71)(H,63,69)(H4,52,53,55)/t31-,32-,37+,38+,39-,40+,41+/m1/s1. The van der Waals surface area contributed by atoms with Gasteiger partial charge in [0.1, 0.15) is 24.2 Å². The molecule has 22 nitrogen and oxygen atoms in total. The van der Waals surface area contributed by atoms with Crippen LogP contribution in [0, 0.1) is 11.8 Å². The Morgan fingerprint density at radius 2 is 1.60 bits per heavy atom. The molecule has 0 bridgehead atoms. The largest absolute Gasteiger partial charge is 0.370 e. The number of ketones is 2. The Morgan fingerprint density at radius 1 is 0.861 bits per heavy atom. The average molecular weight is 994 g/mol. The van der Waals surface area contributed by atoms with Gasteiger partial charge < -0.3 is 59.1 Å². The van der Waals surface area contributed by atoms with E-state index in [4.69, 9.17) is 17.2 Å². The summed E-state index contributed by atoms with van der Waals surface area (Å²) in [4.78, 5) is 139. The monoisotopic (exact) mass is 994 g/mol. The molecule has 72 heavy (non-hydrogen) atoms. The Labute approximate surface area is 417 Å². The van der Waals surface area contributed by atoms with Crippen LogP contribution in [0.2, 0.25) is 0 Å². The highest BCUT2D eigenvalue weighted by Crippen LogP contribution is 2.23. The molecule has 22 heteroatoms. The SMILES string of the molecule is CCCC[C@H](NC(C)=O)C(=O)N[C@H]1CCC(=O)NC[C@@H](C(=O)C[C@@H](Cc2c[nH]c3ccccc23)C(N)=O)NC(=O)[C@H](CCCN=C(N)N)CC(=O)[C@@H](Cc2ccccc2)NC(=O)[C@H](Cc2cnc[nH]2)NC1=O. The van der Waals surface area contributed by atoms with Crippen LogP contribution in [0.4, 0.5) is 0 Å². The molecule has 7 atom stereocenters. The predicted octanol–water partition coefficient (Wildman–Crippen LogP) is 0.153. The molecule has 1 aliphatic heterocycles. The van der Waals surface area contributed by atoms with Gasteiger partial charge in [-0.15, -0.1) is 0 Å². The normalized spacial score (nSPS) is 20.3. The topological polar surface area (TPSA) is 361 Å². The van der Waals surface area contributed by atoms with Crippen LogP contribution in [0.3, 0.4) is 0 Å². The number of imidazole rings is 1. The van der Waals surface area contributed by atoms with Crippen LogP contribution in [0.15, 0.2) is 78.3 Å². The smallest absolute Gasteiger partial charge is 0.243 e. The second-order valence-electron chi connectivity index (χ2n) is 18.1. The van der Waals surface area contributed by atoms with Gasteiger partial charge in [-0.25, -0.2) is 4.98 Å². The van der Waals surface area contributed by atoms with Gasteiger partial charge in [0.2, 0.25) is 41.4 Å². The van der Waals surface area contributed by atoms with Gasteiger partial charge in [-0.05, 0) is 55.7 Å². The number of hydrogen-bond donors (Lipinski definition) is 11. The van der Waals surface area contributed by atoms with Crippen LogP contribution in [0.25, 0.3) is 10.9 Å². The summed E-state index contributed by atoms with van der Waals surface area (Å²) in [6.07, 6.45) is 4.65. The van der Waals surface area contributed by atoms with Gasteiger partial charge in [-0.3, -0.25) is 48.1 Å². The highest BCUT2D eigenvalue weighted by molar-refractivity contribution is 5.98. The van der Waals surface area contributed by atoms with Crippen molar-refractivity contribution in [1.29, 1.82) is 0 Å². The Bertz CT molecular complexity index is 2540. The predicted molar refractivity (Wildman–Crippen MR) is 267 cm³/mol. The quantitative estimate of drug-likeness (QED) is 0.0320. The van der Waals surface area contributed by atoms with E-state index in [2.05, 4.69) is 51.8 Å². The first-order chi connectivity index (χ1) is 34.5. The number of fused-ring (bicyclic) bond motifs is 1. The van der Waals surface area contributed by atoms with Gasteiger partial charge in [-0.1, -0.05) is 68.3 Å². The fourth-order valence-electron chi connectivity index (χ4n) is 8.52. The maximum absolute atomic E-state index is 14.6. The second kappa shape index (κ2) is 27.5. The first-order valence-electron chi connectivity index (χ1n) is 24.2. The van der Waals surface area contributed by atoms with Crippen LogP contribution in [0.5, 0.6) is 0 Å². The van der Waals surface area contributed by atoms with Crippen molar-refractivity contribution >= 4 is 69.8 Å². The van der Waals surface area contributed by atoms with Gasteiger partial charge >= 0.3 is 0 Å². The van der Waals surface area contributed by atoms with Crippen molar-refractivity contribution in [2.45, 2.75) is 121 Å². The molecule has 14 N–H and O–H groups in total. The number of unbranched alkanes of at least 4 members (excludes halogenated alkanes) is 1. The number of carbonyl (C=O) groups is 9. The number of aromatic nitrogens is 3. The molecule has 0 aliphatic carbocycles. The summed E-state index contributed by atoms with van der Waals surface area (Å²) in [7, 11) is 0. The molecule has 4 aromatic rings. The highest BCUT2D eigenvalue weighted by Gasteiger charge is 2.35. The van der Waals surface area contributed by atoms with Gasteiger partial charge in [-0.2, -0.15) is 0 Å². The minimum absolute atomic E-state index is 0.0163. The van der Waals surface area contributed by atoms with Crippen LogP contribution < -0.4 is 49.1 Å². The van der Waals surface area contributed by atoms with E-state index in [1.165, 1.54) is 19.4 Å². The van der Waals surface area contributed by atoms with E-state index in [9.17, 15) is 43.2 Å². The first kappa shape index (κ1) is 55.0. The first-order valence-corrected chi connectivity index (χ1v) is 24.2. The van der Waals surface area contributed by atoms with Crippen molar-refractivity contribution in [3.63, 3.8) is 0 Å². The van der Waals surface area contributed by atoms with Crippen LogP contribution >= 0.6 is 0 Å². The number of rotatable bonds is 20. The number of aliphatic imine (C=N–C) groups is 1. The number of Topliss-reactive ketones (excluding diaryl/α,β-unsaturated/α-hetero) is 2. The molecule has 1 saturated heterocycles. The molecular formula is C50H67N13O9. The summed E-state index contributed by atoms with van der Waals surface area (Å²) < 4.78 is 0. The molecule has 1 fully saturated rings. The van der Waals surface area contributed by atoms with Crippen LogP contribution in [-0.4, -0.2) is 117 Å². The Balaban J connectivity index is 1.53. The van der Waals surface area contributed by atoms with E-state index >= 15 is 0 Å². The number of carbonyl (C=O) groups excluding carboxylic acids is 9. The number of guanidine groups is 1. The van der Waals surface area contributed by atoms with Crippen molar-refractivity contribution in [2.24, 2.45) is 34.0 Å². The number of para-hydroxylation sites is 1. The lowest BCUT2D eigenvalue weighted by Gasteiger charge is -2.28. The lowest BCUT2D eigenvalue weighted by atomic mass is 9.89. The third-order valence-electron chi connectivity index (χ3n) is 12.5. The summed E-state index contributed by atoms with van der Waals surface area (Å²) >= 11 is 0. The van der Waals surface area contributed by atoms with Crippen molar-refractivity contribution in [2.75, 3.05) is 13.1 Å². The maximum atomic E-state index is 14.6. The number of nitrogens with one attached hydrogen (secondary N) is 8. The van der Waals surface area contributed by atoms with E-state index in [1.807, 2.05) is 31.2 Å². The zero-order chi connectivity index (χ0) is 52.2. The van der Waals surface area contributed by atoms with E-state index in [-0.39, 0.29) is 57.5 Å². The van der Waals surface area contributed by atoms with Crippen molar-refractivity contribution in [1.82, 2.24) is 46.9 Å². The third kappa shape index (κ3) is 17.2. The molecule has 386 valence electrons. The molecular weight excluding hydrogens is 927 g/mol. The van der Waals surface area contributed by atoms with E-state index in [0.717, 1.165) is 16.5 Å². The average Bonchev–Trinajstić information content (AvgIpc) is 4.02. The Kier molecular flexibility index (Phi) is 21.0. The number of nitrogens with two attached hydrogens (primary N) is 3. The summed E-state index contributed by atoms with van der Waals surface area (Å²) in [6.45, 7) is 2.78. The number of aromatic amines is 2. The molecule has 3 heterocycles. The van der Waals surface area contributed by atoms with E-state index in [1.54, 1.807) is 36.5 Å². The summed E-state index contributed by atoms with van der Waals surface area (Å²) in [6, 6.07) is 9.68. The number of H-pyrrole nitrogens is 2. The fourth-order valence-corrected chi connectivity index (χ4v) is 8.52. The minimum Gasteiger partial charge on any atom is -0.370 e. The number of benzene rings is 2. The minimum atomic E-state index is -1.45. The molecule has 7 amide bonds. The van der Waals surface area contributed by atoms with Gasteiger partial charge in [0.05, 0.1) is 12.4 Å². The van der Waals surface area contributed by atoms with Crippen LogP contribution in [0.1, 0.15) is 88.5 Å². The van der Waals surface area contributed by atoms with Gasteiger partial charge in [0, 0.05) is 86.5 Å². The maximum Gasteiger partial charge on any atom is 0.243 e. The molecule has 0 radical (unpaired) electrons. The van der Waals surface area contributed by atoms with Crippen LogP contribution in [-0.2, 0) is 62.4 Å². The van der Waals surface area contributed by atoms with Gasteiger partial charge in [0.15, 0.2) is 17.5 Å². The number of hydrogen-bond acceptors (Lipinski definition) is 11. The Hall–Kier alpha value is -7.91. The molecule has 2 aromatic carbocycles. The zero-order valence-corrected chi connectivity index (χ0v) is 40.7. The summed E-state index contributed by atoms with van der Waals surface area (Å²) in [5.74, 6) is -8.57.